The molecule has 0 bridgehead atoms. The number of rotatable bonds is 6. The molecule has 0 aliphatic carbocycles. The van der Waals surface area contributed by atoms with E-state index in [4.69, 9.17) is 0 Å². The van der Waals surface area contributed by atoms with Crippen molar-refractivity contribution >= 4 is 23.1 Å². The van der Waals surface area contributed by atoms with E-state index in [0.29, 0.717) is 11.6 Å². The third-order valence-electron chi connectivity index (χ3n) is 4.62. The first-order chi connectivity index (χ1) is 12.8. The van der Waals surface area contributed by atoms with E-state index in [2.05, 4.69) is 46.6 Å². The van der Waals surface area contributed by atoms with Gasteiger partial charge in [0.25, 0.3) is 11.8 Å². The Labute approximate surface area is 161 Å². The van der Waals surface area contributed by atoms with Crippen molar-refractivity contribution in [3.8, 4) is 0 Å². The Morgan fingerprint density at radius 2 is 1.67 bits per heavy atom. The molecule has 0 spiro atoms. The number of carbonyl (C=O) groups is 2. The smallest absolute Gasteiger partial charge is 0.266 e. The van der Waals surface area contributed by atoms with E-state index in [1.165, 1.54) is 17.7 Å². The molecule has 138 valence electrons. The Balaban J connectivity index is 2.34. The van der Waals surface area contributed by atoms with E-state index in [1.54, 1.807) is 18.2 Å². The normalized spacial score (nSPS) is 17.3. The Hall–Kier alpha value is -3.20. The largest absolute Gasteiger partial charge is 0.268 e. The molecule has 1 aliphatic heterocycles. The molecule has 3 nitrogen and oxygen atoms in total. The highest BCUT2D eigenvalue weighted by Crippen LogP contribution is 2.30. The SMILES string of the molecule is C=C/C=C1\C(=C)C(=O)N(c2ccc(/C(C=C)=C/C=C(\C)C(C)C)cc2)C1=O. The van der Waals surface area contributed by atoms with Crippen LogP contribution in [0.2, 0.25) is 0 Å². The summed E-state index contributed by atoms with van der Waals surface area (Å²) in [6.07, 6.45) is 8.89. The van der Waals surface area contributed by atoms with E-state index >= 15 is 0 Å². The second-order valence-corrected chi connectivity index (χ2v) is 6.68. The molecule has 1 fully saturated rings. The molecule has 27 heavy (non-hydrogen) atoms. The Bertz CT molecular complexity index is 893. The molecule has 1 aliphatic rings. The van der Waals surface area contributed by atoms with Gasteiger partial charge in [-0.2, -0.15) is 0 Å². The molecule has 0 radical (unpaired) electrons. The van der Waals surface area contributed by atoms with Gasteiger partial charge in [-0.15, -0.1) is 0 Å². The van der Waals surface area contributed by atoms with Gasteiger partial charge in [0.1, 0.15) is 0 Å². The van der Waals surface area contributed by atoms with Gasteiger partial charge < -0.3 is 0 Å². The molecule has 1 aromatic carbocycles. The minimum atomic E-state index is -0.407. The van der Waals surface area contributed by atoms with Crippen molar-refractivity contribution in [3.63, 3.8) is 0 Å². The molecule has 0 unspecified atom stereocenters. The van der Waals surface area contributed by atoms with Crippen LogP contribution in [0.15, 0.2) is 91.1 Å². The average molecular weight is 359 g/mol. The fourth-order valence-electron chi connectivity index (χ4n) is 2.61. The van der Waals surface area contributed by atoms with Gasteiger partial charge in [0.15, 0.2) is 0 Å². The van der Waals surface area contributed by atoms with E-state index in [1.807, 2.05) is 18.2 Å². The summed E-state index contributed by atoms with van der Waals surface area (Å²) in [5.41, 5.74) is 4.18. The Morgan fingerprint density at radius 3 is 2.19 bits per heavy atom. The van der Waals surface area contributed by atoms with Crippen molar-refractivity contribution in [1.82, 2.24) is 0 Å². The number of hydrogen-bond donors (Lipinski definition) is 0. The van der Waals surface area contributed by atoms with Crippen molar-refractivity contribution in [2.24, 2.45) is 5.92 Å². The van der Waals surface area contributed by atoms with Crippen LogP contribution in [0.1, 0.15) is 26.3 Å². The maximum absolute atomic E-state index is 12.5. The van der Waals surface area contributed by atoms with Gasteiger partial charge >= 0.3 is 0 Å². The predicted octanol–water partition coefficient (Wildman–Crippen LogP) is 5.40. The van der Waals surface area contributed by atoms with Crippen molar-refractivity contribution in [3.05, 3.63) is 96.7 Å². The Morgan fingerprint density at radius 1 is 1.04 bits per heavy atom. The van der Waals surface area contributed by atoms with Gasteiger partial charge in [0.2, 0.25) is 0 Å². The zero-order chi connectivity index (χ0) is 20.1. The fourth-order valence-corrected chi connectivity index (χ4v) is 2.61. The van der Waals surface area contributed by atoms with Crippen LogP contribution >= 0.6 is 0 Å². The minimum absolute atomic E-state index is 0.185. The van der Waals surface area contributed by atoms with Gasteiger partial charge in [-0.05, 0) is 42.2 Å². The zero-order valence-electron chi connectivity index (χ0n) is 16.2. The van der Waals surface area contributed by atoms with Gasteiger partial charge in [-0.25, -0.2) is 4.90 Å². The van der Waals surface area contributed by atoms with E-state index in [-0.39, 0.29) is 17.1 Å². The fraction of sp³-hybridized carbons (Fsp3) is 0.167. The number of benzene rings is 1. The lowest BCUT2D eigenvalue weighted by atomic mass is 10.0. The van der Waals surface area contributed by atoms with Gasteiger partial charge in [0.05, 0.1) is 11.3 Å². The molecular weight excluding hydrogens is 334 g/mol. The summed E-state index contributed by atoms with van der Waals surface area (Å²) in [5, 5.41) is 0. The molecule has 0 aromatic heterocycles. The predicted molar refractivity (Wildman–Crippen MR) is 113 cm³/mol. The Kier molecular flexibility index (Phi) is 6.30. The summed E-state index contributed by atoms with van der Waals surface area (Å²) in [7, 11) is 0. The molecule has 1 aromatic rings. The van der Waals surface area contributed by atoms with Crippen LogP contribution in [-0.4, -0.2) is 11.8 Å². The highest BCUT2D eigenvalue weighted by atomic mass is 16.2. The topological polar surface area (TPSA) is 37.4 Å². The zero-order valence-corrected chi connectivity index (χ0v) is 16.2. The lowest BCUT2D eigenvalue weighted by Crippen LogP contribution is -2.29. The van der Waals surface area contributed by atoms with E-state index < -0.39 is 5.91 Å². The quantitative estimate of drug-likeness (QED) is 0.387. The number of imide groups is 1. The molecule has 0 atom stereocenters. The van der Waals surface area contributed by atoms with Gasteiger partial charge in [-0.1, -0.05) is 75.6 Å². The van der Waals surface area contributed by atoms with Crippen LogP contribution in [-0.2, 0) is 9.59 Å². The van der Waals surface area contributed by atoms with E-state index in [9.17, 15) is 9.59 Å². The monoisotopic (exact) mass is 359 g/mol. The summed E-state index contributed by atoms with van der Waals surface area (Å²) in [4.78, 5) is 26.1. The van der Waals surface area contributed by atoms with Crippen molar-refractivity contribution in [1.29, 1.82) is 0 Å². The molecule has 3 heteroatoms. The maximum Gasteiger partial charge on any atom is 0.266 e. The van der Waals surface area contributed by atoms with Crippen LogP contribution in [0.25, 0.3) is 5.57 Å². The third kappa shape index (κ3) is 4.14. The molecule has 0 N–H and O–H groups in total. The van der Waals surface area contributed by atoms with Crippen molar-refractivity contribution in [2.75, 3.05) is 4.90 Å². The molecule has 2 amide bonds. The number of amides is 2. The van der Waals surface area contributed by atoms with Crippen molar-refractivity contribution in [2.45, 2.75) is 20.8 Å². The molecule has 1 saturated heterocycles. The first-order valence-electron chi connectivity index (χ1n) is 8.84. The minimum Gasteiger partial charge on any atom is -0.268 e. The van der Waals surface area contributed by atoms with Crippen molar-refractivity contribution < 1.29 is 9.59 Å². The summed E-state index contributed by atoms with van der Waals surface area (Å²) >= 11 is 0. The van der Waals surface area contributed by atoms with Crippen LogP contribution in [0.4, 0.5) is 5.69 Å². The van der Waals surface area contributed by atoms with Crippen LogP contribution in [0.3, 0.4) is 0 Å². The molecular formula is C24H25NO2. The number of nitrogens with zero attached hydrogens (tertiary/aromatic N) is 1. The third-order valence-corrected chi connectivity index (χ3v) is 4.62. The second-order valence-electron chi connectivity index (χ2n) is 6.68. The number of hydrogen-bond acceptors (Lipinski definition) is 2. The van der Waals surface area contributed by atoms with Gasteiger partial charge in [-0.3, -0.25) is 9.59 Å². The lowest BCUT2D eigenvalue weighted by molar-refractivity contribution is -0.119. The molecule has 1 heterocycles. The highest BCUT2D eigenvalue weighted by molar-refractivity contribution is 6.36. The standard InChI is InChI=1S/C24H25NO2/c1-7-9-22-18(6)23(26)25(24(22)27)21-14-12-20(13-15-21)19(8-2)11-10-17(5)16(3)4/h7-16H,1-2,6H2,3-5H3/b17-10+,19-11+,22-9+. The van der Waals surface area contributed by atoms with Gasteiger partial charge in [0, 0.05) is 5.57 Å². The summed E-state index contributed by atoms with van der Waals surface area (Å²) < 4.78 is 0. The van der Waals surface area contributed by atoms with Crippen LogP contribution in [0.5, 0.6) is 0 Å². The first-order valence-corrected chi connectivity index (χ1v) is 8.84. The summed E-state index contributed by atoms with van der Waals surface area (Å²) in [6, 6.07) is 7.26. The summed E-state index contributed by atoms with van der Waals surface area (Å²) in [6.45, 7) is 17.6. The second kappa shape index (κ2) is 8.45. The highest BCUT2D eigenvalue weighted by Gasteiger charge is 2.38. The number of anilines is 1. The number of allylic oxidation sites excluding steroid dienone is 7. The lowest BCUT2D eigenvalue weighted by Gasteiger charge is -2.14. The first kappa shape index (κ1) is 20.1. The average Bonchev–Trinajstić information content (AvgIpc) is 2.86. The summed E-state index contributed by atoms with van der Waals surface area (Å²) in [5.74, 6) is -0.309. The molecule has 0 saturated carbocycles. The molecule has 2 rings (SSSR count). The number of carbonyl (C=O) groups excluding carboxylic acids is 2. The van der Waals surface area contributed by atoms with Crippen LogP contribution < -0.4 is 4.90 Å². The van der Waals surface area contributed by atoms with Crippen LogP contribution in [0, 0.1) is 5.92 Å². The maximum atomic E-state index is 12.5. The van der Waals surface area contributed by atoms with E-state index in [0.717, 1.165) is 16.0 Å².